The van der Waals surface area contributed by atoms with Crippen LogP contribution in [-0.2, 0) is 4.74 Å². The van der Waals surface area contributed by atoms with Crippen molar-refractivity contribution < 1.29 is 4.74 Å². The lowest BCUT2D eigenvalue weighted by molar-refractivity contribution is 0.146. The first-order valence-corrected chi connectivity index (χ1v) is 7.22. The average molecular weight is 340 g/mol. The van der Waals surface area contributed by atoms with Gasteiger partial charge in [-0.15, -0.1) is 0 Å². The molecular formula is C12H17Cl3N4O. The van der Waals surface area contributed by atoms with Gasteiger partial charge in [0.15, 0.2) is 0 Å². The largest absolute Gasteiger partial charge is 0.382 e. The van der Waals surface area contributed by atoms with E-state index >= 15 is 0 Å². The molecule has 1 aromatic rings. The molecule has 0 heterocycles. The van der Waals surface area contributed by atoms with E-state index in [0.717, 1.165) is 6.42 Å². The third-order valence-corrected chi connectivity index (χ3v) is 3.36. The minimum atomic E-state index is 0.387. The number of benzene rings is 1. The minimum absolute atomic E-state index is 0.387. The zero-order valence-electron chi connectivity index (χ0n) is 11.0. The van der Waals surface area contributed by atoms with Crippen molar-refractivity contribution in [3.63, 3.8) is 0 Å². The van der Waals surface area contributed by atoms with E-state index in [0.29, 0.717) is 46.5 Å². The maximum atomic E-state index is 6.06. The van der Waals surface area contributed by atoms with Gasteiger partial charge in [-0.1, -0.05) is 34.8 Å². The van der Waals surface area contributed by atoms with Crippen LogP contribution in [0.15, 0.2) is 17.1 Å². The minimum Gasteiger partial charge on any atom is -0.382 e. The molecule has 1 aromatic carbocycles. The van der Waals surface area contributed by atoms with Gasteiger partial charge in [-0.05, 0) is 25.5 Å². The summed E-state index contributed by atoms with van der Waals surface area (Å²) in [6.45, 7) is 3.88. The van der Waals surface area contributed by atoms with Crippen LogP contribution in [0.4, 0.5) is 5.69 Å². The molecule has 0 radical (unpaired) electrons. The summed E-state index contributed by atoms with van der Waals surface area (Å²) in [6.07, 6.45) is 0.801. The Balaban J connectivity index is 2.64. The number of guanidine groups is 1. The molecule has 0 aliphatic heterocycles. The molecule has 8 heteroatoms. The maximum absolute atomic E-state index is 6.06. The highest BCUT2D eigenvalue weighted by atomic mass is 35.5. The highest BCUT2D eigenvalue weighted by Gasteiger charge is 2.07. The van der Waals surface area contributed by atoms with E-state index in [1.165, 1.54) is 0 Å². The molecule has 5 nitrogen and oxygen atoms in total. The molecule has 0 amide bonds. The monoisotopic (exact) mass is 338 g/mol. The molecule has 20 heavy (non-hydrogen) atoms. The second-order valence-electron chi connectivity index (χ2n) is 3.80. The second-order valence-corrected chi connectivity index (χ2v) is 5.02. The number of hydrogen-bond acceptors (Lipinski definition) is 3. The Labute approximate surface area is 133 Å². The van der Waals surface area contributed by atoms with Crippen LogP contribution in [0.1, 0.15) is 13.3 Å². The molecule has 0 atom stereocenters. The Morgan fingerprint density at radius 1 is 1.25 bits per heavy atom. The fraction of sp³-hybridized carbons (Fsp3) is 0.417. The number of nitrogens with zero attached hydrogens (tertiary/aromatic N) is 1. The molecule has 0 unspecified atom stereocenters. The molecule has 0 fully saturated rings. The van der Waals surface area contributed by atoms with Gasteiger partial charge in [-0.25, -0.2) is 5.84 Å². The Morgan fingerprint density at radius 3 is 2.60 bits per heavy atom. The van der Waals surface area contributed by atoms with Gasteiger partial charge in [0, 0.05) is 19.8 Å². The Morgan fingerprint density at radius 2 is 1.95 bits per heavy atom. The van der Waals surface area contributed by atoms with E-state index in [2.05, 4.69) is 15.7 Å². The van der Waals surface area contributed by atoms with Gasteiger partial charge in [0.1, 0.15) is 0 Å². The first kappa shape index (κ1) is 17.3. The van der Waals surface area contributed by atoms with Crippen LogP contribution in [0.25, 0.3) is 0 Å². The maximum Gasteiger partial charge on any atom is 0.210 e. The van der Waals surface area contributed by atoms with Gasteiger partial charge in [0.05, 0.1) is 20.8 Å². The average Bonchev–Trinajstić information content (AvgIpc) is 2.42. The summed E-state index contributed by atoms with van der Waals surface area (Å²) < 4.78 is 5.22. The molecule has 1 rings (SSSR count). The molecule has 0 aliphatic carbocycles. The van der Waals surface area contributed by atoms with E-state index in [1.807, 2.05) is 6.92 Å². The van der Waals surface area contributed by atoms with Crippen molar-refractivity contribution in [1.29, 1.82) is 0 Å². The number of ether oxygens (including phenoxy) is 1. The fourth-order valence-electron chi connectivity index (χ4n) is 1.37. The van der Waals surface area contributed by atoms with Crippen molar-refractivity contribution >= 4 is 46.4 Å². The number of anilines is 1. The summed E-state index contributed by atoms with van der Waals surface area (Å²) in [5.74, 6) is 5.79. The van der Waals surface area contributed by atoms with E-state index in [1.54, 1.807) is 12.1 Å². The third-order valence-electron chi connectivity index (χ3n) is 2.32. The van der Waals surface area contributed by atoms with Gasteiger partial charge in [-0.2, -0.15) is 0 Å². The molecule has 4 N–H and O–H groups in total. The van der Waals surface area contributed by atoms with Crippen molar-refractivity contribution in [2.75, 3.05) is 25.1 Å². The van der Waals surface area contributed by atoms with Crippen molar-refractivity contribution in [2.45, 2.75) is 13.3 Å². The van der Waals surface area contributed by atoms with Gasteiger partial charge in [0.2, 0.25) is 5.96 Å². The van der Waals surface area contributed by atoms with Crippen LogP contribution in [0.5, 0.6) is 0 Å². The molecule has 0 saturated heterocycles. The Hall–Kier alpha value is -0.720. The summed E-state index contributed by atoms with van der Waals surface area (Å²) in [6, 6.07) is 3.16. The zero-order valence-corrected chi connectivity index (χ0v) is 13.3. The van der Waals surface area contributed by atoms with E-state index in [9.17, 15) is 0 Å². The number of hydrogen-bond donors (Lipinski definition) is 3. The summed E-state index contributed by atoms with van der Waals surface area (Å²) in [5, 5.41) is 4.16. The zero-order chi connectivity index (χ0) is 15.0. The Bertz CT molecular complexity index is 468. The highest BCUT2D eigenvalue weighted by molar-refractivity contribution is 6.44. The summed E-state index contributed by atoms with van der Waals surface area (Å²) >= 11 is 17.9. The van der Waals surface area contributed by atoms with Crippen LogP contribution in [0, 0.1) is 0 Å². The predicted octanol–water partition coefficient (Wildman–Crippen LogP) is 3.30. The van der Waals surface area contributed by atoms with Crippen molar-refractivity contribution in [3.05, 3.63) is 27.2 Å². The quantitative estimate of drug-likeness (QED) is 0.186. The summed E-state index contributed by atoms with van der Waals surface area (Å²) in [5.41, 5.74) is 3.04. The van der Waals surface area contributed by atoms with Crippen molar-refractivity contribution in [3.8, 4) is 0 Å². The topological polar surface area (TPSA) is 71.7 Å². The van der Waals surface area contributed by atoms with Gasteiger partial charge in [-0.3, -0.25) is 10.4 Å². The number of nitrogens with two attached hydrogens (primary N) is 1. The van der Waals surface area contributed by atoms with Gasteiger partial charge >= 0.3 is 0 Å². The van der Waals surface area contributed by atoms with Crippen molar-refractivity contribution in [2.24, 2.45) is 10.8 Å². The predicted molar refractivity (Wildman–Crippen MR) is 85.8 cm³/mol. The first-order chi connectivity index (χ1) is 9.58. The lowest BCUT2D eigenvalue weighted by Crippen LogP contribution is -2.36. The van der Waals surface area contributed by atoms with Crippen LogP contribution in [-0.4, -0.2) is 25.7 Å². The number of hydrazine groups is 1. The van der Waals surface area contributed by atoms with E-state index in [-0.39, 0.29) is 0 Å². The molecule has 0 spiro atoms. The number of halogens is 3. The second kappa shape index (κ2) is 9.26. The standard InChI is InChI=1S/C12H17Cl3N4O/c1-2-20-5-3-4-17-12(19-16)18-11-7-9(14)8(13)6-10(11)15/h6-7H,2-5,16H2,1H3,(H2,17,18,19). The summed E-state index contributed by atoms with van der Waals surface area (Å²) in [4.78, 5) is 4.26. The van der Waals surface area contributed by atoms with E-state index < -0.39 is 0 Å². The third kappa shape index (κ3) is 5.73. The smallest absolute Gasteiger partial charge is 0.210 e. The van der Waals surface area contributed by atoms with Crippen LogP contribution >= 0.6 is 34.8 Å². The normalized spacial score (nSPS) is 11.6. The van der Waals surface area contributed by atoms with E-state index in [4.69, 9.17) is 45.4 Å². The van der Waals surface area contributed by atoms with Crippen LogP contribution in [0.3, 0.4) is 0 Å². The molecule has 112 valence electrons. The molecule has 0 aliphatic rings. The summed E-state index contributed by atoms with van der Waals surface area (Å²) in [7, 11) is 0. The lowest BCUT2D eigenvalue weighted by Gasteiger charge is -2.11. The highest BCUT2D eigenvalue weighted by Crippen LogP contribution is 2.32. The van der Waals surface area contributed by atoms with Crippen LogP contribution < -0.4 is 16.6 Å². The number of rotatable bonds is 6. The lowest BCUT2D eigenvalue weighted by atomic mass is 10.3. The van der Waals surface area contributed by atoms with Crippen LogP contribution in [0.2, 0.25) is 15.1 Å². The van der Waals surface area contributed by atoms with Crippen molar-refractivity contribution in [1.82, 2.24) is 5.43 Å². The van der Waals surface area contributed by atoms with Gasteiger partial charge < -0.3 is 10.1 Å². The molecule has 0 aromatic heterocycles. The fourth-order valence-corrected chi connectivity index (χ4v) is 1.96. The molecule has 0 saturated carbocycles. The Kier molecular flexibility index (Phi) is 8.02. The SMILES string of the molecule is CCOCCCN=C(NN)Nc1cc(Cl)c(Cl)cc1Cl. The number of nitrogens with one attached hydrogen (secondary N) is 2. The van der Waals surface area contributed by atoms with Gasteiger partial charge in [0.25, 0.3) is 0 Å². The first-order valence-electron chi connectivity index (χ1n) is 6.08. The molecular weight excluding hydrogens is 323 g/mol. The molecule has 0 bridgehead atoms. The number of aliphatic imine (C=N–C) groups is 1.